The lowest BCUT2D eigenvalue weighted by Gasteiger charge is -2.22. The van der Waals surface area contributed by atoms with Gasteiger partial charge in [0.2, 0.25) is 5.91 Å². The Bertz CT molecular complexity index is 584. The molecule has 2 unspecified atom stereocenters. The summed E-state index contributed by atoms with van der Waals surface area (Å²) in [7, 11) is 0. The van der Waals surface area contributed by atoms with Crippen molar-refractivity contribution < 1.29 is 15.0 Å². The summed E-state index contributed by atoms with van der Waals surface area (Å²) in [4.78, 5) is 12.1. The zero-order valence-electron chi connectivity index (χ0n) is 25.2. The highest BCUT2D eigenvalue weighted by Crippen LogP contribution is 2.12. The third-order valence-electron chi connectivity index (χ3n) is 7.15. The highest BCUT2D eigenvalue weighted by molar-refractivity contribution is 5.76. The van der Waals surface area contributed by atoms with E-state index in [0.29, 0.717) is 12.8 Å². The van der Waals surface area contributed by atoms with Crippen molar-refractivity contribution in [3.05, 3.63) is 36.5 Å². The monoisotopic (exact) mass is 533 g/mol. The fourth-order valence-electron chi connectivity index (χ4n) is 4.60. The second-order valence-electron chi connectivity index (χ2n) is 10.9. The van der Waals surface area contributed by atoms with Crippen molar-refractivity contribution in [1.29, 1.82) is 0 Å². The van der Waals surface area contributed by atoms with E-state index in [1.165, 1.54) is 83.5 Å². The van der Waals surface area contributed by atoms with Gasteiger partial charge in [0.15, 0.2) is 0 Å². The average Bonchev–Trinajstić information content (AvgIpc) is 2.92. The molecule has 3 N–H and O–H groups in total. The molecule has 0 fully saturated rings. The molecule has 4 nitrogen and oxygen atoms in total. The SMILES string of the molecule is CCCCCCC/C=C\C/C=C\C/C=C\CCCCCCCCCCC(=O)NC(CO)C(O)CCCCC. The molecule has 0 radical (unpaired) electrons. The molecular weight excluding hydrogens is 470 g/mol. The Labute approximate surface area is 236 Å². The number of nitrogens with one attached hydrogen (secondary N) is 1. The van der Waals surface area contributed by atoms with Gasteiger partial charge in [-0.2, -0.15) is 0 Å². The second-order valence-corrected chi connectivity index (χ2v) is 10.9. The van der Waals surface area contributed by atoms with Crippen LogP contribution in [0, 0.1) is 0 Å². The molecule has 222 valence electrons. The quantitative estimate of drug-likeness (QED) is 0.0693. The van der Waals surface area contributed by atoms with E-state index < -0.39 is 12.1 Å². The van der Waals surface area contributed by atoms with E-state index in [9.17, 15) is 15.0 Å². The van der Waals surface area contributed by atoms with Gasteiger partial charge in [-0.05, 0) is 51.4 Å². The smallest absolute Gasteiger partial charge is 0.220 e. The average molecular weight is 534 g/mol. The maximum atomic E-state index is 12.1. The van der Waals surface area contributed by atoms with Crippen molar-refractivity contribution in [2.75, 3.05) is 6.61 Å². The minimum Gasteiger partial charge on any atom is -0.394 e. The first-order valence-corrected chi connectivity index (χ1v) is 16.2. The molecular formula is C34H63NO3. The standard InChI is InChI=1S/C34H63NO3/c1-3-5-7-8-9-10-11-12-13-14-15-16-17-18-19-20-21-22-23-24-25-26-28-30-34(38)35-32(31-36)33(37)29-27-6-4-2/h11-12,14-15,17-18,32-33,36-37H,3-10,13,16,19-31H2,1-2H3,(H,35,38)/b12-11-,15-14-,18-17-. The van der Waals surface area contributed by atoms with E-state index in [0.717, 1.165) is 44.9 Å². The van der Waals surface area contributed by atoms with Crippen molar-refractivity contribution >= 4 is 5.91 Å². The van der Waals surface area contributed by atoms with Crippen LogP contribution in [0.4, 0.5) is 0 Å². The van der Waals surface area contributed by atoms with Gasteiger partial charge in [-0.1, -0.05) is 134 Å². The Morgan fingerprint density at radius 1 is 0.632 bits per heavy atom. The fraction of sp³-hybridized carbons (Fsp3) is 0.794. The maximum Gasteiger partial charge on any atom is 0.220 e. The van der Waals surface area contributed by atoms with E-state index in [2.05, 4.69) is 55.6 Å². The van der Waals surface area contributed by atoms with Crippen LogP contribution in [0.1, 0.15) is 155 Å². The molecule has 0 aromatic rings. The Hall–Kier alpha value is -1.39. The van der Waals surface area contributed by atoms with Gasteiger partial charge in [-0.15, -0.1) is 0 Å². The zero-order chi connectivity index (χ0) is 27.9. The largest absolute Gasteiger partial charge is 0.394 e. The van der Waals surface area contributed by atoms with Crippen LogP contribution < -0.4 is 5.32 Å². The number of carbonyl (C=O) groups is 1. The van der Waals surface area contributed by atoms with Crippen molar-refractivity contribution in [2.45, 2.75) is 167 Å². The number of unbranched alkanes of at least 4 members (excludes halogenated alkanes) is 15. The van der Waals surface area contributed by atoms with Gasteiger partial charge in [0.25, 0.3) is 0 Å². The van der Waals surface area contributed by atoms with Crippen LogP contribution in [0.25, 0.3) is 0 Å². The number of carbonyl (C=O) groups excluding carboxylic acids is 1. The van der Waals surface area contributed by atoms with Crippen LogP contribution >= 0.6 is 0 Å². The van der Waals surface area contributed by atoms with Crippen molar-refractivity contribution in [3.63, 3.8) is 0 Å². The molecule has 0 heterocycles. The van der Waals surface area contributed by atoms with Crippen molar-refractivity contribution in [2.24, 2.45) is 0 Å². The minimum atomic E-state index is -0.658. The van der Waals surface area contributed by atoms with Crippen LogP contribution in [0.2, 0.25) is 0 Å². The Kier molecular flexibility index (Phi) is 29.1. The van der Waals surface area contributed by atoms with Gasteiger partial charge < -0.3 is 15.5 Å². The van der Waals surface area contributed by atoms with E-state index in [-0.39, 0.29) is 12.5 Å². The first-order valence-electron chi connectivity index (χ1n) is 16.2. The lowest BCUT2D eigenvalue weighted by atomic mass is 10.0. The molecule has 1 amide bonds. The number of allylic oxidation sites excluding steroid dienone is 6. The Morgan fingerprint density at radius 2 is 1.08 bits per heavy atom. The summed E-state index contributed by atoms with van der Waals surface area (Å²) in [5, 5.41) is 22.4. The summed E-state index contributed by atoms with van der Waals surface area (Å²) < 4.78 is 0. The molecule has 38 heavy (non-hydrogen) atoms. The molecule has 0 spiro atoms. The third-order valence-corrected chi connectivity index (χ3v) is 7.15. The number of aliphatic hydroxyl groups excluding tert-OH is 2. The summed E-state index contributed by atoms with van der Waals surface area (Å²) >= 11 is 0. The van der Waals surface area contributed by atoms with Gasteiger partial charge in [0.05, 0.1) is 18.8 Å². The van der Waals surface area contributed by atoms with E-state index >= 15 is 0 Å². The van der Waals surface area contributed by atoms with Gasteiger partial charge >= 0.3 is 0 Å². The lowest BCUT2D eigenvalue weighted by Crippen LogP contribution is -2.45. The Balaban J connectivity index is 3.49. The molecule has 0 bridgehead atoms. The molecule has 0 aliphatic heterocycles. The van der Waals surface area contributed by atoms with Crippen molar-refractivity contribution in [1.82, 2.24) is 5.32 Å². The molecule has 2 atom stereocenters. The molecule has 0 saturated heterocycles. The number of aliphatic hydroxyl groups is 2. The summed E-state index contributed by atoms with van der Waals surface area (Å²) in [6.45, 7) is 4.18. The molecule has 4 heteroatoms. The molecule has 0 saturated carbocycles. The van der Waals surface area contributed by atoms with Crippen LogP contribution in [0.5, 0.6) is 0 Å². The van der Waals surface area contributed by atoms with Crippen molar-refractivity contribution in [3.8, 4) is 0 Å². The maximum absolute atomic E-state index is 12.1. The highest BCUT2D eigenvalue weighted by Gasteiger charge is 2.19. The Morgan fingerprint density at radius 3 is 1.61 bits per heavy atom. The van der Waals surface area contributed by atoms with Gasteiger partial charge in [0.1, 0.15) is 0 Å². The first kappa shape index (κ1) is 36.6. The summed E-state index contributed by atoms with van der Waals surface area (Å²) in [5.74, 6) is -0.0533. The number of hydrogen-bond acceptors (Lipinski definition) is 3. The zero-order valence-corrected chi connectivity index (χ0v) is 25.2. The fourth-order valence-corrected chi connectivity index (χ4v) is 4.60. The van der Waals surface area contributed by atoms with Crippen LogP contribution in [0.3, 0.4) is 0 Å². The number of rotatable bonds is 28. The highest BCUT2D eigenvalue weighted by atomic mass is 16.3. The topological polar surface area (TPSA) is 69.6 Å². The second kappa shape index (κ2) is 30.2. The minimum absolute atomic E-state index is 0.0533. The normalized spacial score (nSPS) is 13.7. The predicted octanol–water partition coefficient (Wildman–Crippen LogP) is 9.12. The van der Waals surface area contributed by atoms with Crippen LogP contribution in [-0.2, 0) is 4.79 Å². The number of hydrogen-bond donors (Lipinski definition) is 3. The molecule has 0 rings (SSSR count). The van der Waals surface area contributed by atoms with Crippen LogP contribution in [-0.4, -0.2) is 34.9 Å². The molecule has 0 aromatic heterocycles. The predicted molar refractivity (Wildman–Crippen MR) is 165 cm³/mol. The molecule has 0 aromatic carbocycles. The molecule has 0 aliphatic carbocycles. The van der Waals surface area contributed by atoms with E-state index in [4.69, 9.17) is 0 Å². The van der Waals surface area contributed by atoms with Gasteiger partial charge in [-0.25, -0.2) is 0 Å². The van der Waals surface area contributed by atoms with E-state index in [1.54, 1.807) is 0 Å². The van der Waals surface area contributed by atoms with Crippen LogP contribution in [0.15, 0.2) is 36.5 Å². The first-order chi connectivity index (χ1) is 18.7. The van der Waals surface area contributed by atoms with Gasteiger partial charge in [0, 0.05) is 6.42 Å². The summed E-state index contributed by atoms with van der Waals surface area (Å²) in [5.41, 5.74) is 0. The van der Waals surface area contributed by atoms with E-state index in [1.807, 2.05) is 0 Å². The summed E-state index contributed by atoms with van der Waals surface area (Å²) in [6.07, 6.45) is 38.2. The lowest BCUT2D eigenvalue weighted by molar-refractivity contribution is -0.123. The molecule has 0 aliphatic rings. The number of amides is 1. The van der Waals surface area contributed by atoms with Gasteiger partial charge in [-0.3, -0.25) is 4.79 Å². The third kappa shape index (κ3) is 26.2. The summed E-state index contributed by atoms with van der Waals surface area (Å²) in [6, 6.07) is -0.535.